The van der Waals surface area contributed by atoms with Crippen LogP contribution in [0.3, 0.4) is 0 Å². The van der Waals surface area contributed by atoms with Gasteiger partial charge in [-0.15, -0.1) is 30.4 Å². The molecular formula is C18H26IN3O. The van der Waals surface area contributed by atoms with Gasteiger partial charge in [-0.1, -0.05) is 25.0 Å². The van der Waals surface area contributed by atoms with Crippen LogP contribution in [0.4, 0.5) is 0 Å². The van der Waals surface area contributed by atoms with Crippen LogP contribution in [0.5, 0.6) is 5.75 Å². The Balaban J connectivity index is 0.00000264. The highest BCUT2D eigenvalue weighted by molar-refractivity contribution is 14.0. The second kappa shape index (κ2) is 10.4. The van der Waals surface area contributed by atoms with E-state index >= 15 is 0 Å². The topological polar surface area (TPSA) is 50.9 Å². The van der Waals surface area contributed by atoms with Gasteiger partial charge in [0.05, 0.1) is 0 Å². The van der Waals surface area contributed by atoms with Gasteiger partial charge in [0.25, 0.3) is 0 Å². The molecule has 0 aromatic heterocycles. The molecule has 1 fully saturated rings. The fraction of sp³-hybridized carbons (Fsp3) is 0.500. The summed E-state index contributed by atoms with van der Waals surface area (Å²) in [5, 5.41) is 0. The predicted octanol–water partition coefficient (Wildman–Crippen LogP) is 2.91. The van der Waals surface area contributed by atoms with E-state index in [0.717, 1.165) is 31.2 Å². The van der Waals surface area contributed by atoms with Crippen molar-refractivity contribution < 1.29 is 4.74 Å². The number of guanidine groups is 1. The Labute approximate surface area is 156 Å². The first-order valence-electron chi connectivity index (χ1n) is 7.89. The third-order valence-electron chi connectivity index (χ3n) is 4.03. The van der Waals surface area contributed by atoms with E-state index in [-0.39, 0.29) is 24.0 Å². The highest BCUT2D eigenvalue weighted by atomic mass is 127. The molecule has 0 radical (unpaired) electrons. The van der Waals surface area contributed by atoms with E-state index in [4.69, 9.17) is 16.9 Å². The molecule has 1 aromatic carbocycles. The van der Waals surface area contributed by atoms with E-state index in [1.165, 1.54) is 18.4 Å². The number of ether oxygens (including phenoxy) is 1. The van der Waals surface area contributed by atoms with Crippen LogP contribution < -0.4 is 10.5 Å². The molecule has 1 saturated heterocycles. The van der Waals surface area contributed by atoms with Crippen molar-refractivity contribution in [2.75, 3.05) is 26.2 Å². The molecular weight excluding hydrogens is 401 g/mol. The Morgan fingerprint density at radius 2 is 2.00 bits per heavy atom. The fourth-order valence-electron chi connectivity index (χ4n) is 2.51. The smallest absolute Gasteiger partial charge is 0.191 e. The van der Waals surface area contributed by atoms with Gasteiger partial charge in [0.2, 0.25) is 0 Å². The Kier molecular flexibility index (Phi) is 8.85. The summed E-state index contributed by atoms with van der Waals surface area (Å²) in [6.45, 7) is 5.36. The zero-order valence-electron chi connectivity index (χ0n) is 13.7. The Morgan fingerprint density at radius 1 is 1.35 bits per heavy atom. The minimum absolute atomic E-state index is 0. The number of hydrogen-bond donors (Lipinski definition) is 1. The molecule has 2 N–H and O–H groups in total. The number of aliphatic imine (C=N–C) groups is 1. The number of halogens is 1. The third kappa shape index (κ3) is 6.69. The van der Waals surface area contributed by atoms with Gasteiger partial charge in [0.15, 0.2) is 5.96 Å². The molecule has 0 spiro atoms. The van der Waals surface area contributed by atoms with Crippen LogP contribution >= 0.6 is 24.0 Å². The van der Waals surface area contributed by atoms with Gasteiger partial charge >= 0.3 is 0 Å². The van der Waals surface area contributed by atoms with Crippen molar-refractivity contribution in [2.24, 2.45) is 16.6 Å². The van der Waals surface area contributed by atoms with Gasteiger partial charge < -0.3 is 15.4 Å². The molecule has 0 atom stereocenters. The number of nitrogens with zero attached hydrogens (tertiary/aromatic N) is 2. The molecule has 0 unspecified atom stereocenters. The average molecular weight is 427 g/mol. The van der Waals surface area contributed by atoms with Gasteiger partial charge in [-0.25, -0.2) is 0 Å². The summed E-state index contributed by atoms with van der Waals surface area (Å²) in [6.07, 6.45) is 8.45. The molecule has 5 heteroatoms. The first-order valence-corrected chi connectivity index (χ1v) is 7.89. The molecule has 0 aliphatic carbocycles. The maximum atomic E-state index is 6.07. The van der Waals surface area contributed by atoms with Crippen molar-refractivity contribution in [1.29, 1.82) is 0 Å². The molecule has 0 saturated carbocycles. The highest BCUT2D eigenvalue weighted by Crippen LogP contribution is 2.15. The summed E-state index contributed by atoms with van der Waals surface area (Å²) >= 11 is 0. The van der Waals surface area contributed by atoms with Crippen molar-refractivity contribution in [3.8, 4) is 18.1 Å². The number of benzene rings is 1. The number of likely N-dealkylation sites (tertiary alicyclic amines) is 1. The maximum Gasteiger partial charge on any atom is 0.191 e. The summed E-state index contributed by atoms with van der Waals surface area (Å²) < 4.78 is 5.35. The molecule has 23 heavy (non-hydrogen) atoms. The second-order valence-corrected chi connectivity index (χ2v) is 5.80. The van der Waals surface area contributed by atoms with E-state index < -0.39 is 0 Å². The Hall–Kier alpha value is -1.42. The SMILES string of the molecule is C#CCOc1ccc(CCN=C(N)N2CCC(C)CC2)cc1.I. The van der Waals surface area contributed by atoms with Crippen LogP contribution in [0, 0.1) is 18.3 Å². The summed E-state index contributed by atoms with van der Waals surface area (Å²) in [5.41, 5.74) is 7.29. The van der Waals surface area contributed by atoms with E-state index in [9.17, 15) is 0 Å². The lowest BCUT2D eigenvalue weighted by Crippen LogP contribution is -2.42. The number of terminal acetylenes is 1. The monoisotopic (exact) mass is 427 g/mol. The predicted molar refractivity (Wildman–Crippen MR) is 106 cm³/mol. The minimum atomic E-state index is 0. The fourth-order valence-corrected chi connectivity index (χ4v) is 2.51. The first-order chi connectivity index (χ1) is 10.7. The first kappa shape index (κ1) is 19.6. The molecule has 0 amide bonds. The largest absolute Gasteiger partial charge is 0.481 e. The standard InChI is InChI=1S/C18H25N3O.HI/c1-3-14-22-17-6-4-16(5-7-17)8-11-20-18(19)21-12-9-15(2)10-13-21;/h1,4-7,15H,8-14H2,2H3,(H2,19,20);1H. The summed E-state index contributed by atoms with van der Waals surface area (Å²) in [6, 6.07) is 7.96. The quantitative estimate of drug-likeness (QED) is 0.340. The summed E-state index contributed by atoms with van der Waals surface area (Å²) in [7, 11) is 0. The molecule has 2 rings (SSSR count). The van der Waals surface area contributed by atoms with Crippen molar-refractivity contribution >= 4 is 29.9 Å². The van der Waals surface area contributed by atoms with Gasteiger partial charge in [-0.05, 0) is 42.9 Å². The van der Waals surface area contributed by atoms with Crippen LogP contribution in [0.25, 0.3) is 0 Å². The van der Waals surface area contributed by atoms with Crippen molar-refractivity contribution in [3.05, 3.63) is 29.8 Å². The van der Waals surface area contributed by atoms with E-state index in [0.29, 0.717) is 19.1 Å². The van der Waals surface area contributed by atoms with E-state index in [2.05, 4.69) is 22.7 Å². The highest BCUT2D eigenvalue weighted by Gasteiger charge is 2.16. The normalized spacial score (nSPS) is 15.7. The lowest BCUT2D eigenvalue weighted by molar-refractivity contribution is 0.277. The number of rotatable bonds is 5. The van der Waals surface area contributed by atoms with Crippen LogP contribution in [0.1, 0.15) is 25.3 Å². The van der Waals surface area contributed by atoms with Crippen molar-refractivity contribution in [3.63, 3.8) is 0 Å². The van der Waals surface area contributed by atoms with E-state index in [1.54, 1.807) is 0 Å². The van der Waals surface area contributed by atoms with Crippen LogP contribution in [0.2, 0.25) is 0 Å². The maximum absolute atomic E-state index is 6.07. The molecule has 0 bridgehead atoms. The number of nitrogens with two attached hydrogens (primary N) is 1. The molecule has 126 valence electrons. The number of hydrogen-bond acceptors (Lipinski definition) is 2. The van der Waals surface area contributed by atoms with Gasteiger partial charge in [0.1, 0.15) is 12.4 Å². The van der Waals surface area contributed by atoms with Gasteiger partial charge in [0, 0.05) is 19.6 Å². The zero-order chi connectivity index (χ0) is 15.8. The molecule has 1 aliphatic rings. The summed E-state index contributed by atoms with van der Waals surface area (Å²) in [5.74, 6) is 4.74. The van der Waals surface area contributed by atoms with Gasteiger partial charge in [-0.2, -0.15) is 0 Å². The van der Waals surface area contributed by atoms with Crippen LogP contribution in [0.15, 0.2) is 29.3 Å². The van der Waals surface area contributed by atoms with Crippen LogP contribution in [-0.2, 0) is 6.42 Å². The van der Waals surface area contributed by atoms with E-state index in [1.807, 2.05) is 24.3 Å². The van der Waals surface area contributed by atoms with Crippen LogP contribution in [-0.4, -0.2) is 37.1 Å². The van der Waals surface area contributed by atoms with Crippen molar-refractivity contribution in [1.82, 2.24) is 4.90 Å². The third-order valence-corrected chi connectivity index (χ3v) is 4.03. The Bertz CT molecular complexity index is 528. The second-order valence-electron chi connectivity index (χ2n) is 5.80. The Morgan fingerprint density at radius 3 is 2.61 bits per heavy atom. The molecule has 1 heterocycles. The lowest BCUT2D eigenvalue weighted by Gasteiger charge is -2.31. The molecule has 4 nitrogen and oxygen atoms in total. The molecule has 1 aliphatic heterocycles. The zero-order valence-corrected chi connectivity index (χ0v) is 16.0. The average Bonchev–Trinajstić information content (AvgIpc) is 2.54. The van der Waals surface area contributed by atoms with Gasteiger partial charge in [-0.3, -0.25) is 4.99 Å². The lowest BCUT2D eigenvalue weighted by atomic mass is 10.00. The summed E-state index contributed by atoms with van der Waals surface area (Å²) in [4.78, 5) is 6.69. The van der Waals surface area contributed by atoms with Crippen molar-refractivity contribution in [2.45, 2.75) is 26.2 Å². The number of piperidine rings is 1. The minimum Gasteiger partial charge on any atom is -0.481 e. The molecule has 1 aromatic rings.